The lowest BCUT2D eigenvalue weighted by molar-refractivity contribution is -0.134. The van der Waals surface area contributed by atoms with E-state index in [1.807, 2.05) is 79.7 Å². The Balaban J connectivity index is 0.935. The first-order valence-electron chi connectivity index (χ1n) is 27.7. The average molecular weight is 1080 g/mol. The summed E-state index contributed by atoms with van der Waals surface area (Å²) in [5.41, 5.74) is 11.3. The molecule has 3 unspecified atom stereocenters. The van der Waals surface area contributed by atoms with Gasteiger partial charge in [-0.15, -0.1) is 0 Å². The summed E-state index contributed by atoms with van der Waals surface area (Å²) in [6.07, 6.45) is 1.35. The summed E-state index contributed by atoms with van der Waals surface area (Å²) < 4.78 is 35.1. The monoisotopic (exact) mass is 1080 g/mol. The number of fused-ring (bicyclic) bond motifs is 4. The summed E-state index contributed by atoms with van der Waals surface area (Å²) in [6, 6.07) is 18.4. The van der Waals surface area contributed by atoms with Crippen LogP contribution in [0.3, 0.4) is 0 Å². The number of carbonyl (C=O) groups excluding carboxylic acids is 4. The lowest BCUT2D eigenvalue weighted by atomic mass is 9.77. The van der Waals surface area contributed by atoms with Gasteiger partial charge in [0, 0.05) is 47.1 Å². The molecule has 5 heterocycles. The van der Waals surface area contributed by atoms with E-state index in [1.54, 1.807) is 50.2 Å². The van der Waals surface area contributed by atoms with Crippen molar-refractivity contribution >= 4 is 35.5 Å². The van der Waals surface area contributed by atoms with Crippen molar-refractivity contribution in [1.82, 2.24) is 20.4 Å². The molecule has 9 atom stereocenters. The Bertz CT molecular complexity index is 3210. The highest BCUT2D eigenvalue weighted by atomic mass is 19.1. The van der Waals surface area contributed by atoms with Gasteiger partial charge in [0.1, 0.15) is 46.0 Å². The van der Waals surface area contributed by atoms with Gasteiger partial charge >= 0.3 is 0 Å². The molecular formula is C61H75FN8O9. The molecule has 420 valence electrons. The maximum absolute atomic E-state index is 15.2. The average Bonchev–Trinajstić information content (AvgIpc) is 3.65. The van der Waals surface area contributed by atoms with Crippen molar-refractivity contribution in [2.75, 3.05) is 0 Å². The fourth-order valence-electron chi connectivity index (χ4n) is 12.8. The van der Waals surface area contributed by atoms with Crippen molar-refractivity contribution in [2.45, 2.75) is 191 Å². The molecule has 10 rings (SSSR count). The molecule has 0 fully saturated rings. The van der Waals surface area contributed by atoms with Crippen molar-refractivity contribution in [1.29, 1.82) is 0 Å². The van der Waals surface area contributed by atoms with Gasteiger partial charge in [0.05, 0.1) is 53.7 Å². The Morgan fingerprint density at radius 3 is 1.90 bits per heavy atom. The van der Waals surface area contributed by atoms with E-state index in [4.69, 9.17) is 35.7 Å². The highest BCUT2D eigenvalue weighted by molar-refractivity contribution is 6.01. The van der Waals surface area contributed by atoms with Crippen LogP contribution >= 0.6 is 0 Å². The maximum atomic E-state index is 15.2. The van der Waals surface area contributed by atoms with E-state index in [9.17, 15) is 29.4 Å². The second-order valence-corrected chi connectivity index (χ2v) is 24.8. The molecule has 4 aromatic carbocycles. The van der Waals surface area contributed by atoms with Crippen LogP contribution in [0.25, 0.3) is 0 Å². The number of nitrogens with two attached hydrogens (primary N) is 2. The van der Waals surface area contributed by atoms with E-state index in [1.165, 1.54) is 28.0 Å². The summed E-state index contributed by atoms with van der Waals surface area (Å²) in [6.45, 7) is 19.1. The Morgan fingerprint density at radius 1 is 0.709 bits per heavy atom. The van der Waals surface area contributed by atoms with Gasteiger partial charge in [-0.3, -0.25) is 29.0 Å². The number of hydrogen-bond donors (Lipinski definition) is 6. The lowest BCUT2D eigenvalue weighted by Crippen LogP contribution is -2.57. The number of aliphatic hydroxyl groups is 2. The standard InChI is InChI=1S/C61H75FN8O9/c1-11-61(12-2)32-48(72)70(55(64)68-61)43-30-57(7,78-45-21-18-35(26-40(43)45)53(75)66-50-38-16-14-13-15-36(38)28-59(50,9)76)23-24-60(10)51(73)49(41-27-37(62)19-22-46(41)79-60)65-52(74)34-17-20-44-39(25-34)42(29-56(5,6)77-44)69-47(71)31-58(8,33(3)4)67-54(69)63/h13-22,25-27,33,42-43,49-51,73,76H,11-12,23-24,28-32H2,1-10H3,(H2,63,67)(H2,64,68)(H,65,74)(H,66,75)/t42-,43-,49-,50-,51+,57?,58+,59?,60?/m1/s1. The van der Waals surface area contributed by atoms with Crippen LogP contribution in [0.2, 0.25) is 0 Å². The fourth-order valence-corrected chi connectivity index (χ4v) is 12.8. The number of hydrogen-bond acceptors (Lipinski definition) is 13. The predicted molar refractivity (Wildman–Crippen MR) is 296 cm³/mol. The largest absolute Gasteiger partial charge is 0.487 e. The second kappa shape index (κ2) is 19.6. The minimum absolute atomic E-state index is 0.0502. The van der Waals surface area contributed by atoms with Gasteiger partial charge < -0.3 is 46.5 Å². The molecule has 18 heteroatoms. The van der Waals surface area contributed by atoms with E-state index >= 15 is 4.39 Å². The van der Waals surface area contributed by atoms with E-state index in [2.05, 4.69) is 10.6 Å². The third kappa shape index (κ3) is 9.97. The predicted octanol–water partition coefficient (Wildman–Crippen LogP) is 8.32. The molecule has 0 spiro atoms. The molecule has 4 aromatic rings. The molecule has 1 aliphatic carbocycles. The summed E-state index contributed by atoms with van der Waals surface area (Å²) in [5, 5.41) is 30.1. The van der Waals surface area contributed by atoms with E-state index in [0.717, 1.165) is 11.1 Å². The number of benzene rings is 4. The number of ether oxygens (including phenoxy) is 3. The van der Waals surface area contributed by atoms with Crippen molar-refractivity contribution in [2.24, 2.45) is 27.4 Å². The summed E-state index contributed by atoms with van der Waals surface area (Å²) in [5.74, 6) is -0.648. The maximum Gasteiger partial charge on any atom is 0.251 e. The molecule has 0 bridgehead atoms. The molecule has 8 N–H and O–H groups in total. The van der Waals surface area contributed by atoms with Crippen molar-refractivity contribution in [3.63, 3.8) is 0 Å². The van der Waals surface area contributed by atoms with Gasteiger partial charge in [-0.05, 0) is 139 Å². The van der Waals surface area contributed by atoms with Crippen LogP contribution in [0.4, 0.5) is 4.39 Å². The Morgan fingerprint density at radius 2 is 1.28 bits per heavy atom. The van der Waals surface area contributed by atoms with Crippen LogP contribution in [0.5, 0.6) is 17.2 Å². The number of aliphatic imine (C=N–C) groups is 2. The zero-order valence-corrected chi connectivity index (χ0v) is 46.9. The van der Waals surface area contributed by atoms with Gasteiger partial charge in [0.25, 0.3) is 11.8 Å². The van der Waals surface area contributed by atoms with Crippen molar-refractivity contribution in [3.8, 4) is 17.2 Å². The quantitative estimate of drug-likeness (QED) is 0.0788. The first-order chi connectivity index (χ1) is 37.1. The molecule has 4 amide bonds. The number of guanidine groups is 2. The smallest absolute Gasteiger partial charge is 0.251 e. The lowest BCUT2D eigenvalue weighted by Gasteiger charge is -2.48. The van der Waals surface area contributed by atoms with Crippen LogP contribution in [-0.4, -0.2) is 95.1 Å². The Hall–Kier alpha value is -7.05. The molecule has 17 nitrogen and oxygen atoms in total. The molecule has 6 aliphatic rings. The minimum atomic E-state index is -1.44. The van der Waals surface area contributed by atoms with E-state index < -0.39 is 81.4 Å². The van der Waals surface area contributed by atoms with Crippen LogP contribution in [0.15, 0.2) is 88.8 Å². The molecule has 5 aliphatic heterocycles. The number of carbonyl (C=O) groups is 4. The molecule has 0 saturated carbocycles. The highest BCUT2D eigenvalue weighted by Crippen LogP contribution is 2.51. The van der Waals surface area contributed by atoms with E-state index in [-0.39, 0.29) is 78.6 Å². The van der Waals surface area contributed by atoms with E-state index in [0.29, 0.717) is 53.9 Å². The summed E-state index contributed by atoms with van der Waals surface area (Å²) >= 11 is 0. The zero-order valence-electron chi connectivity index (χ0n) is 46.9. The number of nitrogens with zero attached hydrogens (tertiary/aromatic N) is 4. The summed E-state index contributed by atoms with van der Waals surface area (Å²) in [4.78, 5) is 70.1. The topological polar surface area (TPSA) is 244 Å². The number of rotatable bonds is 12. The van der Waals surface area contributed by atoms with Gasteiger partial charge in [-0.2, -0.15) is 0 Å². The number of aliphatic hydroxyl groups excluding tert-OH is 1. The van der Waals surface area contributed by atoms with Crippen molar-refractivity contribution in [3.05, 3.63) is 124 Å². The van der Waals surface area contributed by atoms with Crippen LogP contribution in [-0.2, 0) is 16.0 Å². The van der Waals surface area contributed by atoms with Crippen LogP contribution in [0.1, 0.15) is 193 Å². The molecular weight excluding hydrogens is 1010 g/mol. The molecule has 0 saturated heterocycles. The van der Waals surface area contributed by atoms with Crippen LogP contribution in [0, 0.1) is 11.7 Å². The van der Waals surface area contributed by atoms with Gasteiger partial charge in [-0.25, -0.2) is 14.4 Å². The van der Waals surface area contributed by atoms with Gasteiger partial charge in [0.2, 0.25) is 11.8 Å². The third-order valence-corrected chi connectivity index (χ3v) is 18.1. The fraction of sp³-hybridized carbons (Fsp3) is 0.508. The van der Waals surface area contributed by atoms with Crippen molar-refractivity contribution < 1.29 is 48.0 Å². The van der Waals surface area contributed by atoms with Gasteiger partial charge in [0.15, 0.2) is 11.9 Å². The SMILES string of the molecule is CCC1(CC)CC(=O)N([C@@H]2CC(C)(CCC3(C)Oc4ccc(F)cc4[C@@H](NC(=O)c4ccc5c(c4)[C@H](N4C(=O)C[C@@](C)(C(C)C)N=C4N)CC(C)(C)O5)[C@@H]3O)Oc3ccc(C(=O)N[C@@H]4c5ccccc5CC4(C)O)cc32)C(N)=N1. The number of nitrogens with one attached hydrogen (secondary N) is 2. The molecule has 79 heavy (non-hydrogen) atoms. The first-order valence-corrected chi connectivity index (χ1v) is 27.7. The highest BCUT2D eigenvalue weighted by Gasteiger charge is 2.52. The third-order valence-electron chi connectivity index (χ3n) is 18.1. The zero-order chi connectivity index (χ0) is 56.9. The molecule has 0 aromatic heterocycles. The van der Waals surface area contributed by atoms with Crippen LogP contribution < -0.4 is 36.3 Å². The Labute approximate surface area is 461 Å². The second-order valence-electron chi connectivity index (χ2n) is 24.8. The first kappa shape index (κ1) is 55.3. The van der Waals surface area contributed by atoms with Gasteiger partial charge in [-0.1, -0.05) is 52.0 Å². The number of halogens is 1. The normalized spacial score (nSPS) is 30.3. The summed E-state index contributed by atoms with van der Waals surface area (Å²) in [7, 11) is 0. The molecule has 0 radical (unpaired) electrons. The Kier molecular flexibility index (Phi) is 13.7. The minimum Gasteiger partial charge on any atom is -0.487 e. The number of amides is 4.